The van der Waals surface area contributed by atoms with E-state index in [0.29, 0.717) is 5.56 Å². The van der Waals surface area contributed by atoms with E-state index >= 15 is 0 Å². The topological polar surface area (TPSA) is 92.4 Å². The Kier molecular flexibility index (Phi) is 4.36. The normalized spacial score (nSPS) is 18.3. The van der Waals surface area contributed by atoms with Crippen molar-refractivity contribution in [3.05, 3.63) is 23.8 Å². The lowest BCUT2D eigenvalue weighted by Crippen LogP contribution is -2.38. The second-order valence-corrected chi connectivity index (χ2v) is 7.39. The molecule has 0 aliphatic heterocycles. The maximum Gasteiger partial charge on any atom is 0.242 e. The van der Waals surface area contributed by atoms with Gasteiger partial charge in [-0.2, -0.15) is 0 Å². The van der Waals surface area contributed by atoms with Gasteiger partial charge in [0.1, 0.15) is 4.90 Å². The van der Waals surface area contributed by atoms with Crippen molar-refractivity contribution in [2.45, 2.75) is 37.5 Å². The molecular formula is C14H22N2O3S. The first-order valence-corrected chi connectivity index (χ1v) is 8.34. The zero-order valence-electron chi connectivity index (χ0n) is 11.7. The average molecular weight is 298 g/mol. The van der Waals surface area contributed by atoms with E-state index in [4.69, 9.17) is 5.73 Å². The van der Waals surface area contributed by atoms with Crippen molar-refractivity contribution in [2.75, 3.05) is 18.9 Å². The van der Waals surface area contributed by atoms with E-state index in [1.54, 1.807) is 25.1 Å². The molecule has 1 aliphatic rings. The Balaban J connectivity index is 2.20. The Bertz CT molecular complexity index is 558. The van der Waals surface area contributed by atoms with Crippen molar-refractivity contribution in [1.29, 1.82) is 0 Å². The SMILES string of the molecule is Cc1cccc(N)c1S(=O)(=O)NCC1(CO)CCCC1. The second kappa shape index (κ2) is 5.71. The summed E-state index contributed by atoms with van der Waals surface area (Å²) < 4.78 is 27.5. The molecule has 6 heteroatoms. The van der Waals surface area contributed by atoms with Crippen molar-refractivity contribution in [3.8, 4) is 0 Å². The molecule has 0 radical (unpaired) electrons. The Morgan fingerprint density at radius 1 is 1.35 bits per heavy atom. The molecule has 1 fully saturated rings. The maximum atomic E-state index is 12.4. The van der Waals surface area contributed by atoms with Gasteiger partial charge >= 0.3 is 0 Å². The highest BCUT2D eigenvalue weighted by atomic mass is 32.2. The van der Waals surface area contributed by atoms with Crippen LogP contribution in [0.4, 0.5) is 5.69 Å². The summed E-state index contributed by atoms with van der Waals surface area (Å²) in [5, 5.41) is 9.53. The van der Waals surface area contributed by atoms with Crippen LogP contribution >= 0.6 is 0 Å². The van der Waals surface area contributed by atoms with E-state index in [-0.39, 0.29) is 29.1 Å². The smallest absolute Gasteiger partial charge is 0.242 e. The number of aryl methyl sites for hydroxylation is 1. The fourth-order valence-electron chi connectivity index (χ4n) is 2.88. The molecule has 0 unspecified atom stereocenters. The van der Waals surface area contributed by atoms with Crippen LogP contribution in [0.3, 0.4) is 0 Å². The van der Waals surface area contributed by atoms with Crippen LogP contribution in [-0.4, -0.2) is 26.7 Å². The van der Waals surface area contributed by atoms with Crippen molar-refractivity contribution in [2.24, 2.45) is 5.41 Å². The number of nitrogens with one attached hydrogen (secondary N) is 1. The van der Waals surface area contributed by atoms with Gasteiger partial charge in [0.2, 0.25) is 10.0 Å². The van der Waals surface area contributed by atoms with E-state index in [1.165, 1.54) is 0 Å². The third kappa shape index (κ3) is 2.97. The Labute approximate surface area is 120 Å². The molecule has 4 N–H and O–H groups in total. The summed E-state index contributed by atoms with van der Waals surface area (Å²) in [5.74, 6) is 0. The van der Waals surface area contributed by atoms with Gasteiger partial charge in [-0.25, -0.2) is 13.1 Å². The fourth-order valence-corrected chi connectivity index (χ4v) is 4.39. The van der Waals surface area contributed by atoms with Crippen molar-refractivity contribution >= 4 is 15.7 Å². The number of nitrogen functional groups attached to an aromatic ring is 1. The van der Waals surface area contributed by atoms with Gasteiger partial charge in [0.25, 0.3) is 0 Å². The van der Waals surface area contributed by atoms with Crippen LogP contribution in [0.1, 0.15) is 31.2 Å². The molecule has 0 spiro atoms. The highest BCUT2D eigenvalue weighted by molar-refractivity contribution is 7.89. The Morgan fingerprint density at radius 3 is 2.55 bits per heavy atom. The van der Waals surface area contributed by atoms with Crippen LogP contribution in [0, 0.1) is 12.3 Å². The third-order valence-corrected chi connectivity index (χ3v) is 5.77. The number of nitrogens with two attached hydrogens (primary N) is 1. The molecule has 0 aromatic heterocycles. The summed E-state index contributed by atoms with van der Waals surface area (Å²) in [4.78, 5) is 0.145. The lowest BCUT2D eigenvalue weighted by molar-refractivity contribution is 0.134. The summed E-state index contributed by atoms with van der Waals surface area (Å²) in [6.45, 7) is 2.00. The molecule has 0 heterocycles. The largest absolute Gasteiger partial charge is 0.398 e. The molecule has 1 aliphatic carbocycles. The number of hydrogen-bond donors (Lipinski definition) is 3. The zero-order valence-corrected chi connectivity index (χ0v) is 12.5. The number of rotatable bonds is 5. The van der Waals surface area contributed by atoms with Gasteiger partial charge in [-0.3, -0.25) is 0 Å². The Hall–Kier alpha value is -1.11. The molecule has 0 saturated heterocycles. The number of sulfonamides is 1. The molecule has 2 rings (SSSR count). The standard InChI is InChI=1S/C14H22N2O3S/c1-11-5-4-6-12(15)13(11)20(18,19)16-9-14(10-17)7-2-3-8-14/h4-6,16-17H,2-3,7-10,15H2,1H3. The highest BCUT2D eigenvalue weighted by Crippen LogP contribution is 2.37. The van der Waals surface area contributed by atoms with Crippen LogP contribution in [0.25, 0.3) is 0 Å². The summed E-state index contributed by atoms with van der Waals surface area (Å²) in [7, 11) is -3.64. The van der Waals surface area contributed by atoms with Gasteiger partial charge < -0.3 is 10.8 Å². The van der Waals surface area contributed by atoms with Crippen molar-refractivity contribution in [3.63, 3.8) is 0 Å². The quantitative estimate of drug-likeness (QED) is 0.717. The molecule has 0 bridgehead atoms. The van der Waals surface area contributed by atoms with E-state index in [0.717, 1.165) is 25.7 Å². The first-order chi connectivity index (χ1) is 9.40. The molecule has 1 aromatic rings. The second-order valence-electron chi connectivity index (χ2n) is 5.68. The molecule has 1 saturated carbocycles. The first kappa shape index (κ1) is 15.3. The number of aliphatic hydroxyl groups excluding tert-OH is 1. The fraction of sp³-hybridized carbons (Fsp3) is 0.571. The molecule has 112 valence electrons. The predicted molar refractivity (Wildman–Crippen MR) is 78.8 cm³/mol. The number of benzene rings is 1. The van der Waals surface area contributed by atoms with Crippen LogP contribution < -0.4 is 10.5 Å². The number of anilines is 1. The van der Waals surface area contributed by atoms with E-state index in [9.17, 15) is 13.5 Å². The maximum absolute atomic E-state index is 12.4. The predicted octanol–water partition coefficient (Wildman–Crippen LogP) is 1.41. The lowest BCUT2D eigenvalue weighted by Gasteiger charge is -2.26. The molecule has 0 amide bonds. The van der Waals surface area contributed by atoms with E-state index in [1.807, 2.05) is 0 Å². The molecule has 1 aromatic carbocycles. The third-order valence-electron chi connectivity index (χ3n) is 4.15. The van der Waals surface area contributed by atoms with Crippen molar-refractivity contribution in [1.82, 2.24) is 4.72 Å². The van der Waals surface area contributed by atoms with E-state index in [2.05, 4.69) is 4.72 Å². The minimum absolute atomic E-state index is 0.0127. The summed E-state index contributed by atoms with van der Waals surface area (Å²) in [5.41, 5.74) is 6.35. The van der Waals surface area contributed by atoms with Gasteiger partial charge in [0.15, 0.2) is 0 Å². The van der Waals surface area contributed by atoms with Gasteiger partial charge in [-0.05, 0) is 31.4 Å². The lowest BCUT2D eigenvalue weighted by atomic mass is 9.88. The zero-order chi connectivity index (χ0) is 14.8. The number of hydrogen-bond acceptors (Lipinski definition) is 4. The monoisotopic (exact) mass is 298 g/mol. The van der Waals surface area contributed by atoms with Gasteiger partial charge in [-0.15, -0.1) is 0 Å². The number of aliphatic hydroxyl groups is 1. The van der Waals surface area contributed by atoms with Gasteiger partial charge in [-0.1, -0.05) is 25.0 Å². The minimum atomic E-state index is -3.64. The van der Waals surface area contributed by atoms with Gasteiger partial charge in [0, 0.05) is 18.6 Å². The summed E-state index contributed by atoms with van der Waals surface area (Å²) >= 11 is 0. The summed E-state index contributed by atoms with van der Waals surface area (Å²) in [6, 6.07) is 5.04. The first-order valence-electron chi connectivity index (χ1n) is 6.86. The van der Waals surface area contributed by atoms with Crippen molar-refractivity contribution < 1.29 is 13.5 Å². The highest BCUT2D eigenvalue weighted by Gasteiger charge is 2.34. The van der Waals surface area contributed by atoms with Crippen LogP contribution in [-0.2, 0) is 10.0 Å². The molecule has 20 heavy (non-hydrogen) atoms. The van der Waals surface area contributed by atoms with Crippen LogP contribution in [0.15, 0.2) is 23.1 Å². The van der Waals surface area contributed by atoms with E-state index < -0.39 is 10.0 Å². The molecule has 0 atom stereocenters. The van der Waals surface area contributed by atoms with Crippen LogP contribution in [0.2, 0.25) is 0 Å². The average Bonchev–Trinajstić information content (AvgIpc) is 2.85. The molecule has 5 nitrogen and oxygen atoms in total. The molecular weight excluding hydrogens is 276 g/mol. The van der Waals surface area contributed by atoms with Crippen LogP contribution in [0.5, 0.6) is 0 Å². The van der Waals surface area contributed by atoms with Gasteiger partial charge in [0.05, 0.1) is 5.69 Å². The Morgan fingerprint density at radius 2 is 2.00 bits per heavy atom. The summed E-state index contributed by atoms with van der Waals surface area (Å²) in [6.07, 6.45) is 3.79. The minimum Gasteiger partial charge on any atom is -0.398 e.